The molecule has 162 valence electrons. The van der Waals surface area contributed by atoms with Crippen LogP contribution in [0.25, 0.3) is 0 Å². The van der Waals surface area contributed by atoms with Crippen molar-refractivity contribution in [2.24, 2.45) is 7.05 Å². The molecule has 2 N–H and O–H groups in total. The lowest BCUT2D eigenvalue weighted by molar-refractivity contribution is -0.113. The summed E-state index contributed by atoms with van der Waals surface area (Å²) >= 11 is 1.31. The summed E-state index contributed by atoms with van der Waals surface area (Å²) in [5.74, 6) is 0.381. The normalized spacial score (nSPS) is 10.6. The fourth-order valence-corrected chi connectivity index (χ4v) is 3.75. The quantitative estimate of drug-likeness (QED) is 0.409. The number of hydrogen-bond acceptors (Lipinski definition) is 7. The topological polar surface area (TPSA) is 98.1 Å². The van der Waals surface area contributed by atoms with Gasteiger partial charge in [-0.2, -0.15) is 0 Å². The highest BCUT2D eigenvalue weighted by atomic mass is 32.2. The molecule has 9 heteroatoms. The van der Waals surface area contributed by atoms with Crippen LogP contribution in [0.3, 0.4) is 0 Å². The molecule has 0 fully saturated rings. The van der Waals surface area contributed by atoms with Gasteiger partial charge in [0.1, 0.15) is 0 Å². The lowest BCUT2D eigenvalue weighted by Gasteiger charge is -2.12. The molecule has 0 aliphatic rings. The maximum atomic E-state index is 12.3. The third-order valence-corrected chi connectivity index (χ3v) is 5.77. The Morgan fingerprint density at radius 3 is 2.39 bits per heavy atom. The van der Waals surface area contributed by atoms with Crippen molar-refractivity contribution in [3.63, 3.8) is 0 Å². The number of aryl methyl sites for hydroxylation is 2. The van der Waals surface area contributed by atoms with E-state index in [1.807, 2.05) is 17.7 Å². The van der Waals surface area contributed by atoms with Crippen molar-refractivity contribution in [1.82, 2.24) is 14.8 Å². The number of nitrogens with zero attached hydrogens (tertiary/aromatic N) is 3. The van der Waals surface area contributed by atoms with Crippen LogP contribution in [0, 0.1) is 13.8 Å². The number of esters is 1. The summed E-state index contributed by atoms with van der Waals surface area (Å²) in [5.41, 5.74) is 4.48. The van der Waals surface area contributed by atoms with Crippen LogP contribution in [0.2, 0.25) is 0 Å². The Hall–Kier alpha value is -3.33. The van der Waals surface area contributed by atoms with Crippen molar-refractivity contribution in [3.8, 4) is 0 Å². The average molecular weight is 440 g/mol. The first-order chi connectivity index (χ1) is 14.9. The molecule has 0 aliphatic carbocycles. The third-order valence-electron chi connectivity index (χ3n) is 4.75. The molecule has 3 aromatic rings. The van der Waals surface area contributed by atoms with Gasteiger partial charge in [-0.05, 0) is 49.2 Å². The number of hydrogen-bond donors (Lipinski definition) is 2. The highest BCUT2D eigenvalue weighted by Crippen LogP contribution is 2.21. The van der Waals surface area contributed by atoms with Crippen molar-refractivity contribution in [3.05, 3.63) is 65.0 Å². The monoisotopic (exact) mass is 439 g/mol. The van der Waals surface area contributed by atoms with Gasteiger partial charge in [-0.15, -0.1) is 10.2 Å². The molecule has 0 spiro atoms. The molecule has 0 unspecified atom stereocenters. The Kier molecular flexibility index (Phi) is 7.30. The van der Waals surface area contributed by atoms with E-state index in [4.69, 9.17) is 0 Å². The summed E-state index contributed by atoms with van der Waals surface area (Å²) in [4.78, 5) is 23.7. The molecule has 1 aromatic heterocycles. The van der Waals surface area contributed by atoms with E-state index in [0.29, 0.717) is 23.0 Å². The molecule has 0 aliphatic heterocycles. The standard InChI is InChI=1S/C22H25N5O3S/c1-14-6-5-7-15(2)20(14)23-12-18-25-26-22(27(18)3)31-13-19(28)24-17-10-8-16(9-11-17)21(29)30-4/h5-11,23H,12-13H2,1-4H3,(H,24,28). The second-order valence-electron chi connectivity index (χ2n) is 6.98. The molecule has 0 saturated heterocycles. The first-order valence-corrected chi connectivity index (χ1v) is 10.7. The summed E-state index contributed by atoms with van der Waals surface area (Å²) in [6, 6.07) is 12.7. The molecule has 0 bridgehead atoms. The second-order valence-corrected chi connectivity index (χ2v) is 7.93. The van der Waals surface area contributed by atoms with Crippen LogP contribution in [-0.2, 0) is 23.1 Å². The van der Waals surface area contributed by atoms with Gasteiger partial charge in [-0.1, -0.05) is 30.0 Å². The molecule has 8 nitrogen and oxygen atoms in total. The molecule has 1 heterocycles. The maximum absolute atomic E-state index is 12.3. The number of benzene rings is 2. The summed E-state index contributed by atoms with van der Waals surface area (Å²) in [6.07, 6.45) is 0. The number of para-hydroxylation sites is 1. The van der Waals surface area contributed by atoms with E-state index in [9.17, 15) is 9.59 Å². The number of carbonyl (C=O) groups excluding carboxylic acids is 2. The van der Waals surface area contributed by atoms with Crippen LogP contribution in [0.5, 0.6) is 0 Å². The Morgan fingerprint density at radius 2 is 1.74 bits per heavy atom. The zero-order valence-corrected chi connectivity index (χ0v) is 18.7. The van der Waals surface area contributed by atoms with Crippen molar-refractivity contribution < 1.29 is 14.3 Å². The van der Waals surface area contributed by atoms with E-state index in [1.54, 1.807) is 24.3 Å². The average Bonchev–Trinajstić information content (AvgIpc) is 3.11. The van der Waals surface area contributed by atoms with Crippen LogP contribution in [0.15, 0.2) is 47.6 Å². The second kappa shape index (κ2) is 10.1. The van der Waals surface area contributed by atoms with Crippen LogP contribution in [-0.4, -0.2) is 39.5 Å². The third kappa shape index (κ3) is 5.64. The zero-order chi connectivity index (χ0) is 22.4. The van der Waals surface area contributed by atoms with Gasteiger partial charge >= 0.3 is 5.97 Å². The van der Waals surface area contributed by atoms with E-state index >= 15 is 0 Å². The van der Waals surface area contributed by atoms with E-state index in [1.165, 1.54) is 30.0 Å². The molecule has 3 rings (SSSR count). The molecule has 0 radical (unpaired) electrons. The lowest BCUT2D eigenvalue weighted by Crippen LogP contribution is -2.15. The van der Waals surface area contributed by atoms with Gasteiger partial charge < -0.3 is 19.9 Å². The van der Waals surface area contributed by atoms with Gasteiger partial charge in [0.05, 0.1) is 25.0 Å². The smallest absolute Gasteiger partial charge is 0.337 e. The Bertz CT molecular complexity index is 1060. The first kappa shape index (κ1) is 22.4. The number of anilines is 2. The van der Waals surface area contributed by atoms with Crippen LogP contribution >= 0.6 is 11.8 Å². The highest BCUT2D eigenvalue weighted by molar-refractivity contribution is 7.99. The van der Waals surface area contributed by atoms with E-state index in [0.717, 1.165) is 11.5 Å². The van der Waals surface area contributed by atoms with Gasteiger partial charge in [0.25, 0.3) is 0 Å². The molecule has 1 amide bonds. The largest absolute Gasteiger partial charge is 0.465 e. The number of amides is 1. The van der Waals surface area contributed by atoms with E-state index in [-0.39, 0.29) is 11.7 Å². The minimum Gasteiger partial charge on any atom is -0.465 e. The molecule has 31 heavy (non-hydrogen) atoms. The van der Waals surface area contributed by atoms with Crippen LogP contribution in [0.4, 0.5) is 11.4 Å². The van der Waals surface area contributed by atoms with Crippen LogP contribution < -0.4 is 10.6 Å². The summed E-state index contributed by atoms with van der Waals surface area (Å²) in [5, 5.41) is 15.3. The summed E-state index contributed by atoms with van der Waals surface area (Å²) < 4.78 is 6.54. The molecule has 0 atom stereocenters. The Balaban J connectivity index is 1.53. The van der Waals surface area contributed by atoms with Crippen LogP contribution in [0.1, 0.15) is 27.3 Å². The Morgan fingerprint density at radius 1 is 1.06 bits per heavy atom. The van der Waals surface area contributed by atoms with E-state index < -0.39 is 5.97 Å². The van der Waals surface area contributed by atoms with Gasteiger partial charge in [-0.25, -0.2) is 4.79 Å². The minimum absolute atomic E-state index is 0.172. The van der Waals surface area contributed by atoms with Gasteiger partial charge in [-0.3, -0.25) is 4.79 Å². The molecular formula is C22H25N5O3S. The van der Waals surface area contributed by atoms with Crippen molar-refractivity contribution in [2.75, 3.05) is 23.5 Å². The molecule has 0 saturated carbocycles. The fraction of sp³-hybridized carbons (Fsp3) is 0.273. The first-order valence-electron chi connectivity index (χ1n) is 9.68. The zero-order valence-electron chi connectivity index (χ0n) is 17.9. The number of nitrogens with one attached hydrogen (secondary N) is 2. The van der Waals surface area contributed by atoms with Gasteiger partial charge in [0.15, 0.2) is 11.0 Å². The number of carbonyl (C=O) groups is 2. The predicted octanol–water partition coefficient (Wildman–Crippen LogP) is 3.56. The van der Waals surface area contributed by atoms with Crippen molar-refractivity contribution in [2.45, 2.75) is 25.5 Å². The molecule has 2 aromatic carbocycles. The Labute approximate surface area is 185 Å². The number of ether oxygens (including phenoxy) is 1. The maximum Gasteiger partial charge on any atom is 0.337 e. The van der Waals surface area contributed by atoms with Gasteiger partial charge in [0, 0.05) is 18.4 Å². The SMILES string of the molecule is COC(=O)c1ccc(NC(=O)CSc2nnc(CNc3c(C)cccc3C)n2C)cc1. The number of rotatable bonds is 8. The predicted molar refractivity (Wildman–Crippen MR) is 121 cm³/mol. The number of methoxy groups -OCH3 is 1. The van der Waals surface area contributed by atoms with Crippen molar-refractivity contribution in [1.29, 1.82) is 0 Å². The summed E-state index contributed by atoms with van der Waals surface area (Å²) in [7, 11) is 3.21. The minimum atomic E-state index is -0.418. The number of aromatic nitrogens is 3. The van der Waals surface area contributed by atoms with E-state index in [2.05, 4.69) is 51.5 Å². The lowest BCUT2D eigenvalue weighted by atomic mass is 10.1. The van der Waals surface area contributed by atoms with Gasteiger partial charge in [0.2, 0.25) is 5.91 Å². The summed E-state index contributed by atoms with van der Waals surface area (Å²) in [6.45, 7) is 4.66. The molecular weight excluding hydrogens is 414 g/mol. The number of thioether (sulfide) groups is 1. The highest BCUT2D eigenvalue weighted by Gasteiger charge is 2.13. The van der Waals surface area contributed by atoms with Crippen molar-refractivity contribution >= 4 is 35.0 Å². The fourth-order valence-electron chi connectivity index (χ4n) is 3.02.